The molecule has 1 aliphatic rings. The number of ether oxygens (including phenoxy) is 1. The molecule has 0 saturated carbocycles. The van der Waals surface area contributed by atoms with Gasteiger partial charge in [0.2, 0.25) is 5.88 Å². The summed E-state index contributed by atoms with van der Waals surface area (Å²) in [6.45, 7) is 5.04. The number of rotatable bonds is 3. The third-order valence-corrected chi connectivity index (χ3v) is 4.56. The Morgan fingerprint density at radius 1 is 1.41 bits per heavy atom. The zero-order chi connectivity index (χ0) is 15.5. The van der Waals surface area contributed by atoms with Crippen LogP contribution in [-0.4, -0.2) is 45.0 Å². The van der Waals surface area contributed by atoms with E-state index < -0.39 is 0 Å². The van der Waals surface area contributed by atoms with Gasteiger partial charge in [0.1, 0.15) is 16.8 Å². The van der Waals surface area contributed by atoms with Crippen molar-refractivity contribution in [3.05, 3.63) is 34.2 Å². The number of hydrogen-bond acceptors (Lipinski definition) is 6. The maximum Gasteiger partial charge on any atom is 0.265 e. The molecule has 1 amide bonds. The number of piperidine rings is 1. The van der Waals surface area contributed by atoms with Gasteiger partial charge >= 0.3 is 0 Å². The van der Waals surface area contributed by atoms with Gasteiger partial charge in [0.25, 0.3) is 5.91 Å². The predicted molar refractivity (Wildman–Crippen MR) is 83.2 cm³/mol. The van der Waals surface area contributed by atoms with Crippen LogP contribution in [0.3, 0.4) is 0 Å². The van der Waals surface area contributed by atoms with Crippen molar-refractivity contribution in [2.24, 2.45) is 0 Å². The van der Waals surface area contributed by atoms with Gasteiger partial charge in [0.15, 0.2) is 0 Å². The molecule has 1 fully saturated rings. The maximum atomic E-state index is 12.5. The summed E-state index contributed by atoms with van der Waals surface area (Å²) in [5.41, 5.74) is 2.51. The fraction of sp³-hybridized carbons (Fsp3) is 0.467. The number of amides is 1. The third kappa shape index (κ3) is 3.24. The highest BCUT2D eigenvalue weighted by Crippen LogP contribution is 2.21. The van der Waals surface area contributed by atoms with Gasteiger partial charge in [-0.3, -0.25) is 4.79 Å². The second kappa shape index (κ2) is 6.39. The van der Waals surface area contributed by atoms with E-state index in [2.05, 4.69) is 15.0 Å². The number of aryl methyl sites for hydroxylation is 2. The van der Waals surface area contributed by atoms with Crippen LogP contribution in [0.2, 0.25) is 0 Å². The average molecular weight is 318 g/mol. The van der Waals surface area contributed by atoms with Crippen molar-refractivity contribution < 1.29 is 9.53 Å². The zero-order valence-corrected chi connectivity index (χ0v) is 13.5. The summed E-state index contributed by atoms with van der Waals surface area (Å²) in [7, 11) is 0. The van der Waals surface area contributed by atoms with E-state index in [1.165, 1.54) is 11.3 Å². The molecule has 22 heavy (non-hydrogen) atoms. The molecule has 7 heteroatoms. The Kier molecular flexibility index (Phi) is 4.33. The van der Waals surface area contributed by atoms with Crippen molar-refractivity contribution >= 4 is 17.2 Å². The van der Waals surface area contributed by atoms with Crippen LogP contribution < -0.4 is 4.74 Å². The number of nitrogens with zero attached hydrogens (tertiary/aromatic N) is 4. The lowest BCUT2D eigenvalue weighted by atomic mass is 10.1. The van der Waals surface area contributed by atoms with E-state index in [9.17, 15) is 4.79 Å². The standard InChI is InChI=1S/C15H18N4O2S/c1-10-14(22-9-17-10)15(20)19-7-3-4-12(8-19)21-13-5-6-16-11(2)18-13/h5-6,9,12H,3-4,7-8H2,1-2H3. The summed E-state index contributed by atoms with van der Waals surface area (Å²) in [5.74, 6) is 1.30. The molecule has 1 saturated heterocycles. The molecule has 3 heterocycles. The Labute approximate surface area is 133 Å². The lowest BCUT2D eigenvalue weighted by Crippen LogP contribution is -2.44. The largest absolute Gasteiger partial charge is 0.472 e. The first-order valence-electron chi connectivity index (χ1n) is 7.29. The van der Waals surface area contributed by atoms with Gasteiger partial charge in [-0.05, 0) is 26.7 Å². The topological polar surface area (TPSA) is 68.2 Å². The molecule has 2 aromatic heterocycles. The maximum absolute atomic E-state index is 12.5. The molecule has 1 aliphatic heterocycles. The van der Waals surface area contributed by atoms with Gasteiger partial charge in [-0.2, -0.15) is 4.98 Å². The van der Waals surface area contributed by atoms with E-state index in [-0.39, 0.29) is 12.0 Å². The Balaban J connectivity index is 1.67. The molecule has 116 valence electrons. The highest BCUT2D eigenvalue weighted by Gasteiger charge is 2.27. The van der Waals surface area contributed by atoms with E-state index in [1.807, 2.05) is 18.7 Å². The van der Waals surface area contributed by atoms with Crippen LogP contribution in [0.5, 0.6) is 5.88 Å². The van der Waals surface area contributed by atoms with Crippen LogP contribution in [0.4, 0.5) is 0 Å². The molecule has 0 bridgehead atoms. The second-order valence-electron chi connectivity index (χ2n) is 5.34. The van der Waals surface area contributed by atoms with Crippen LogP contribution in [-0.2, 0) is 0 Å². The summed E-state index contributed by atoms with van der Waals surface area (Å²) < 4.78 is 5.91. The SMILES string of the molecule is Cc1nccc(OC2CCCN(C(=O)c3scnc3C)C2)n1. The Hall–Kier alpha value is -2.02. The summed E-state index contributed by atoms with van der Waals surface area (Å²) in [6, 6.07) is 1.75. The van der Waals surface area contributed by atoms with Crippen molar-refractivity contribution in [1.82, 2.24) is 19.9 Å². The molecule has 0 N–H and O–H groups in total. The van der Waals surface area contributed by atoms with Crippen molar-refractivity contribution in [2.75, 3.05) is 13.1 Å². The fourth-order valence-corrected chi connectivity index (χ4v) is 3.31. The van der Waals surface area contributed by atoms with Crippen molar-refractivity contribution in [2.45, 2.75) is 32.8 Å². The highest BCUT2D eigenvalue weighted by atomic mass is 32.1. The molecular weight excluding hydrogens is 300 g/mol. The number of aromatic nitrogens is 3. The quantitative estimate of drug-likeness (QED) is 0.868. The average Bonchev–Trinajstić information content (AvgIpc) is 2.93. The second-order valence-corrected chi connectivity index (χ2v) is 6.20. The highest BCUT2D eigenvalue weighted by molar-refractivity contribution is 7.11. The normalized spacial score (nSPS) is 18.3. The zero-order valence-electron chi connectivity index (χ0n) is 12.7. The van der Waals surface area contributed by atoms with Crippen LogP contribution in [0.1, 0.15) is 34.0 Å². The smallest absolute Gasteiger partial charge is 0.265 e. The molecule has 1 atom stereocenters. The van der Waals surface area contributed by atoms with Gasteiger partial charge in [-0.15, -0.1) is 11.3 Å². The lowest BCUT2D eigenvalue weighted by molar-refractivity contribution is 0.0530. The van der Waals surface area contributed by atoms with Crippen LogP contribution in [0.15, 0.2) is 17.8 Å². The minimum Gasteiger partial charge on any atom is -0.472 e. The van der Waals surface area contributed by atoms with E-state index in [0.717, 1.165) is 30.0 Å². The van der Waals surface area contributed by atoms with Crippen molar-refractivity contribution in [3.63, 3.8) is 0 Å². The first kappa shape index (κ1) is 14.9. The number of thiazole rings is 1. The van der Waals surface area contributed by atoms with E-state index in [4.69, 9.17) is 4.74 Å². The molecule has 3 rings (SSSR count). The molecule has 2 aromatic rings. The fourth-order valence-electron chi connectivity index (χ4n) is 2.54. The molecule has 6 nitrogen and oxygen atoms in total. The van der Waals surface area contributed by atoms with Crippen LogP contribution in [0, 0.1) is 13.8 Å². The van der Waals surface area contributed by atoms with Gasteiger partial charge in [-0.1, -0.05) is 0 Å². The third-order valence-electron chi connectivity index (χ3n) is 3.64. The minimum atomic E-state index is -0.0276. The van der Waals surface area contributed by atoms with Gasteiger partial charge < -0.3 is 9.64 Å². The molecule has 0 aliphatic carbocycles. The van der Waals surface area contributed by atoms with Crippen LogP contribution >= 0.6 is 11.3 Å². The van der Waals surface area contributed by atoms with Gasteiger partial charge in [0.05, 0.1) is 17.7 Å². The van der Waals surface area contributed by atoms with E-state index in [1.54, 1.807) is 17.8 Å². The van der Waals surface area contributed by atoms with Crippen LogP contribution in [0.25, 0.3) is 0 Å². The molecule has 0 spiro atoms. The monoisotopic (exact) mass is 318 g/mol. The Morgan fingerprint density at radius 3 is 3.00 bits per heavy atom. The molecular formula is C15H18N4O2S. The van der Waals surface area contributed by atoms with Gasteiger partial charge in [-0.25, -0.2) is 9.97 Å². The van der Waals surface area contributed by atoms with E-state index >= 15 is 0 Å². The van der Waals surface area contributed by atoms with Crippen molar-refractivity contribution in [3.8, 4) is 5.88 Å². The molecule has 0 radical (unpaired) electrons. The number of likely N-dealkylation sites (tertiary alicyclic amines) is 1. The molecule has 1 unspecified atom stereocenters. The van der Waals surface area contributed by atoms with E-state index in [0.29, 0.717) is 18.2 Å². The summed E-state index contributed by atoms with van der Waals surface area (Å²) in [6.07, 6.45) is 3.51. The minimum absolute atomic E-state index is 0.0276. The summed E-state index contributed by atoms with van der Waals surface area (Å²) in [5, 5.41) is 0. The number of carbonyl (C=O) groups excluding carboxylic acids is 1. The first-order valence-corrected chi connectivity index (χ1v) is 8.17. The number of carbonyl (C=O) groups is 1. The summed E-state index contributed by atoms with van der Waals surface area (Å²) >= 11 is 1.39. The Morgan fingerprint density at radius 2 is 2.27 bits per heavy atom. The molecule has 0 aromatic carbocycles. The first-order chi connectivity index (χ1) is 10.6. The predicted octanol–water partition coefficient (Wildman–Crippen LogP) is 2.23. The lowest BCUT2D eigenvalue weighted by Gasteiger charge is -2.32. The van der Waals surface area contributed by atoms with Crippen molar-refractivity contribution in [1.29, 1.82) is 0 Å². The van der Waals surface area contributed by atoms with Gasteiger partial charge in [0, 0.05) is 18.8 Å². The summed E-state index contributed by atoms with van der Waals surface area (Å²) in [4.78, 5) is 27.6. The Bertz CT molecular complexity index is 673. The number of hydrogen-bond donors (Lipinski definition) is 0.